The van der Waals surface area contributed by atoms with Gasteiger partial charge in [0, 0.05) is 29.3 Å². The van der Waals surface area contributed by atoms with Crippen molar-refractivity contribution < 1.29 is 17.9 Å². The average Bonchev–Trinajstić information content (AvgIpc) is 2.34. The summed E-state index contributed by atoms with van der Waals surface area (Å²) in [5.41, 5.74) is 0.0542. The Kier molecular flexibility index (Phi) is 5.06. The number of hydrogen-bond donors (Lipinski definition) is 0. The molecule has 1 amide bonds. The van der Waals surface area contributed by atoms with Gasteiger partial charge in [0.15, 0.2) is 5.75 Å². The molecule has 1 aromatic rings. The molecule has 1 rings (SSSR count). The Balaban J connectivity index is 3.57. The largest absolute Gasteiger partial charge is 0.494 e. The van der Waals surface area contributed by atoms with Crippen molar-refractivity contribution >= 4 is 37.2 Å². The maximum atomic E-state index is 12.1. The van der Waals surface area contributed by atoms with Gasteiger partial charge in [-0.05, 0) is 19.1 Å². The van der Waals surface area contributed by atoms with E-state index in [-0.39, 0.29) is 21.2 Å². The molecule has 0 fully saturated rings. The zero-order valence-corrected chi connectivity index (χ0v) is 12.9. The third-order valence-electron chi connectivity index (χ3n) is 2.54. The van der Waals surface area contributed by atoms with Gasteiger partial charge in [0.25, 0.3) is 15.0 Å². The number of methoxy groups -OCH3 is 1. The van der Waals surface area contributed by atoms with E-state index in [1.54, 1.807) is 14.0 Å². The molecule has 0 heterocycles. The van der Waals surface area contributed by atoms with Gasteiger partial charge in [0.2, 0.25) is 0 Å². The smallest absolute Gasteiger partial charge is 0.265 e. The van der Waals surface area contributed by atoms with Crippen molar-refractivity contribution in [3.8, 4) is 5.75 Å². The van der Waals surface area contributed by atoms with Crippen LogP contribution in [-0.2, 0) is 9.05 Å². The summed E-state index contributed by atoms with van der Waals surface area (Å²) >= 11 is 5.83. The van der Waals surface area contributed by atoms with Crippen LogP contribution in [0.3, 0.4) is 0 Å². The van der Waals surface area contributed by atoms with Crippen LogP contribution in [0.5, 0.6) is 5.75 Å². The van der Waals surface area contributed by atoms with Crippen molar-refractivity contribution in [3.05, 3.63) is 22.7 Å². The normalized spacial score (nSPS) is 11.2. The summed E-state index contributed by atoms with van der Waals surface area (Å²) in [7, 11) is 4.09. The highest BCUT2D eigenvalue weighted by molar-refractivity contribution is 8.13. The molecule has 8 heteroatoms. The minimum atomic E-state index is -4.06. The van der Waals surface area contributed by atoms with Crippen LogP contribution in [-0.4, -0.2) is 39.9 Å². The summed E-state index contributed by atoms with van der Waals surface area (Å²) in [5.74, 6) is -0.506. The Bertz CT molecular complexity index is 601. The van der Waals surface area contributed by atoms with E-state index in [1.807, 2.05) is 0 Å². The molecular weight excluding hydrogens is 313 g/mol. The Morgan fingerprint density at radius 2 is 2.00 bits per heavy atom. The molecule has 0 N–H and O–H groups in total. The van der Waals surface area contributed by atoms with Gasteiger partial charge >= 0.3 is 0 Å². The van der Waals surface area contributed by atoms with Crippen LogP contribution >= 0.6 is 22.3 Å². The molecule has 0 atom stereocenters. The highest BCUT2D eigenvalue weighted by Crippen LogP contribution is 2.34. The molecule has 0 aliphatic rings. The zero-order valence-electron chi connectivity index (χ0n) is 10.6. The van der Waals surface area contributed by atoms with Gasteiger partial charge in [-0.15, -0.1) is 0 Å². The number of carbonyl (C=O) groups is 1. The van der Waals surface area contributed by atoms with Gasteiger partial charge in [-0.1, -0.05) is 11.6 Å². The lowest BCUT2D eigenvalue weighted by molar-refractivity contribution is 0.0798. The molecule has 1 aromatic carbocycles. The van der Waals surface area contributed by atoms with Gasteiger partial charge in [-0.3, -0.25) is 4.79 Å². The standard InChI is InChI=1S/C11H13Cl2NO4S/c1-4-14(2)11(15)8-5-7(12)6-9(10(8)18-3)19(13,16)17/h5-6H,4H2,1-3H3. The first kappa shape index (κ1) is 16.1. The van der Waals surface area contributed by atoms with Crippen LogP contribution in [0, 0.1) is 0 Å². The van der Waals surface area contributed by atoms with Crippen LogP contribution in [0.2, 0.25) is 5.02 Å². The summed E-state index contributed by atoms with van der Waals surface area (Å²) < 4.78 is 28.0. The Labute approximate surface area is 121 Å². The van der Waals surface area contributed by atoms with Crippen molar-refractivity contribution in [1.82, 2.24) is 4.90 Å². The molecule has 0 aromatic heterocycles. The van der Waals surface area contributed by atoms with E-state index in [0.717, 1.165) is 6.07 Å². The van der Waals surface area contributed by atoms with Crippen molar-refractivity contribution in [2.45, 2.75) is 11.8 Å². The van der Waals surface area contributed by atoms with Crippen molar-refractivity contribution in [2.24, 2.45) is 0 Å². The fourth-order valence-electron chi connectivity index (χ4n) is 1.47. The fourth-order valence-corrected chi connectivity index (χ4v) is 2.78. The molecule has 19 heavy (non-hydrogen) atoms. The number of hydrogen-bond acceptors (Lipinski definition) is 4. The number of halogens is 2. The lowest BCUT2D eigenvalue weighted by atomic mass is 10.1. The lowest BCUT2D eigenvalue weighted by Gasteiger charge is -2.18. The van der Waals surface area contributed by atoms with E-state index < -0.39 is 15.0 Å². The van der Waals surface area contributed by atoms with Crippen LogP contribution in [0.1, 0.15) is 17.3 Å². The SMILES string of the molecule is CCN(C)C(=O)c1cc(Cl)cc(S(=O)(=O)Cl)c1OC. The Morgan fingerprint density at radius 1 is 1.42 bits per heavy atom. The number of nitrogens with zero attached hydrogens (tertiary/aromatic N) is 1. The Hall–Kier alpha value is -0.980. The summed E-state index contributed by atoms with van der Waals surface area (Å²) in [4.78, 5) is 13.2. The molecule has 0 saturated heterocycles. The van der Waals surface area contributed by atoms with E-state index in [1.165, 1.54) is 18.1 Å². The van der Waals surface area contributed by atoms with Gasteiger partial charge in [-0.25, -0.2) is 8.42 Å². The van der Waals surface area contributed by atoms with Crippen molar-refractivity contribution in [2.75, 3.05) is 20.7 Å². The van der Waals surface area contributed by atoms with E-state index in [0.29, 0.717) is 6.54 Å². The monoisotopic (exact) mass is 325 g/mol. The highest BCUT2D eigenvalue weighted by atomic mass is 35.7. The molecule has 0 spiro atoms. The van der Waals surface area contributed by atoms with Crippen LogP contribution in [0.4, 0.5) is 0 Å². The molecule has 0 bridgehead atoms. The van der Waals surface area contributed by atoms with Crippen LogP contribution in [0.15, 0.2) is 17.0 Å². The minimum Gasteiger partial charge on any atom is -0.494 e. The van der Waals surface area contributed by atoms with Crippen molar-refractivity contribution in [1.29, 1.82) is 0 Å². The van der Waals surface area contributed by atoms with E-state index in [9.17, 15) is 13.2 Å². The molecule has 0 unspecified atom stereocenters. The number of benzene rings is 1. The van der Waals surface area contributed by atoms with Gasteiger partial charge in [-0.2, -0.15) is 0 Å². The maximum Gasteiger partial charge on any atom is 0.265 e. The summed E-state index contributed by atoms with van der Waals surface area (Å²) in [6.07, 6.45) is 0. The second kappa shape index (κ2) is 5.98. The molecule has 0 aliphatic carbocycles. The summed E-state index contributed by atoms with van der Waals surface area (Å²) in [5, 5.41) is 0.0906. The average molecular weight is 326 g/mol. The topological polar surface area (TPSA) is 63.7 Å². The minimum absolute atomic E-state index is 0.0542. The predicted octanol–water partition coefficient (Wildman–Crippen LogP) is 2.37. The fraction of sp³-hybridized carbons (Fsp3) is 0.364. The first-order valence-corrected chi connectivity index (χ1v) is 7.98. The van der Waals surface area contributed by atoms with Gasteiger partial charge in [0.05, 0.1) is 12.7 Å². The third kappa shape index (κ3) is 3.52. The van der Waals surface area contributed by atoms with Crippen LogP contribution in [0.25, 0.3) is 0 Å². The Morgan fingerprint density at radius 3 is 2.42 bits per heavy atom. The molecular formula is C11H13Cl2NO4S. The lowest BCUT2D eigenvalue weighted by Crippen LogP contribution is -2.27. The highest BCUT2D eigenvalue weighted by Gasteiger charge is 2.25. The van der Waals surface area contributed by atoms with Crippen molar-refractivity contribution in [3.63, 3.8) is 0 Å². The summed E-state index contributed by atoms with van der Waals surface area (Å²) in [6, 6.07) is 2.49. The predicted molar refractivity (Wildman–Crippen MR) is 73.7 cm³/mol. The first-order valence-electron chi connectivity index (χ1n) is 5.30. The number of carbonyl (C=O) groups excluding carboxylic acids is 1. The molecule has 5 nitrogen and oxygen atoms in total. The van der Waals surface area contributed by atoms with Gasteiger partial charge in [0.1, 0.15) is 4.90 Å². The quantitative estimate of drug-likeness (QED) is 0.797. The first-order chi connectivity index (χ1) is 8.72. The van der Waals surface area contributed by atoms with E-state index >= 15 is 0 Å². The summed E-state index contributed by atoms with van der Waals surface area (Å²) in [6.45, 7) is 2.24. The van der Waals surface area contributed by atoms with Crippen LogP contribution < -0.4 is 4.74 Å². The molecule has 0 radical (unpaired) electrons. The van der Waals surface area contributed by atoms with Gasteiger partial charge < -0.3 is 9.64 Å². The maximum absolute atomic E-state index is 12.1. The molecule has 0 saturated carbocycles. The number of ether oxygens (including phenoxy) is 1. The van der Waals surface area contributed by atoms with E-state index in [4.69, 9.17) is 27.0 Å². The number of rotatable bonds is 4. The third-order valence-corrected chi connectivity index (χ3v) is 4.08. The molecule has 0 aliphatic heterocycles. The molecule has 106 valence electrons. The zero-order chi connectivity index (χ0) is 14.8. The van der Waals surface area contributed by atoms with E-state index in [2.05, 4.69) is 0 Å². The second-order valence-corrected chi connectivity index (χ2v) is 6.71. The second-order valence-electron chi connectivity index (χ2n) is 3.74. The number of amides is 1.